The van der Waals surface area contributed by atoms with E-state index in [-0.39, 0.29) is 12.4 Å². The second-order valence-electron chi connectivity index (χ2n) is 5.86. The van der Waals surface area contributed by atoms with Gasteiger partial charge in [0.15, 0.2) is 17.6 Å². The summed E-state index contributed by atoms with van der Waals surface area (Å²) in [6, 6.07) is 14.4. The minimum atomic E-state index is -0.888. The largest absolute Gasteiger partial charge is 0.485 e. The van der Waals surface area contributed by atoms with E-state index in [2.05, 4.69) is 0 Å². The molecule has 0 unspecified atom stereocenters. The van der Waals surface area contributed by atoms with E-state index in [0.717, 1.165) is 12.0 Å². The summed E-state index contributed by atoms with van der Waals surface area (Å²) in [5.41, 5.74) is 1.66. The summed E-state index contributed by atoms with van der Waals surface area (Å²) in [6.45, 7) is 3.67. The van der Waals surface area contributed by atoms with E-state index in [0.29, 0.717) is 17.1 Å². The molecule has 0 fully saturated rings. The fraction of sp³-hybridized carbons (Fsp3) is 0.300. The highest BCUT2D eigenvalue weighted by Crippen LogP contribution is 2.31. The number of carbonyl (C=O) groups excluding carboxylic acids is 2. The van der Waals surface area contributed by atoms with Gasteiger partial charge >= 0.3 is 5.97 Å². The first-order valence-electron chi connectivity index (χ1n) is 8.30. The monoisotopic (exact) mass is 340 g/mol. The maximum absolute atomic E-state index is 12.4. The van der Waals surface area contributed by atoms with Crippen LogP contribution in [0.25, 0.3) is 0 Å². The number of ether oxygens (including phenoxy) is 3. The number of hydrogen-bond acceptors (Lipinski definition) is 5. The van der Waals surface area contributed by atoms with E-state index >= 15 is 0 Å². The second-order valence-corrected chi connectivity index (χ2v) is 5.86. The van der Waals surface area contributed by atoms with Crippen LogP contribution in [0.5, 0.6) is 11.5 Å². The molecule has 0 bridgehead atoms. The van der Waals surface area contributed by atoms with Gasteiger partial charge in [-0.2, -0.15) is 0 Å². The summed E-state index contributed by atoms with van der Waals surface area (Å²) in [4.78, 5) is 24.7. The van der Waals surface area contributed by atoms with Crippen molar-refractivity contribution >= 4 is 11.8 Å². The molecule has 0 radical (unpaired) electrons. The van der Waals surface area contributed by atoms with Crippen LogP contribution in [0, 0.1) is 0 Å². The van der Waals surface area contributed by atoms with Crippen molar-refractivity contribution in [1.29, 1.82) is 0 Å². The number of carbonyl (C=O) groups is 2. The number of benzene rings is 2. The van der Waals surface area contributed by atoms with Gasteiger partial charge in [-0.15, -0.1) is 0 Å². The minimum absolute atomic E-state index is 0.0575. The lowest BCUT2D eigenvalue weighted by Gasteiger charge is -2.25. The topological polar surface area (TPSA) is 61.8 Å². The molecular weight excluding hydrogens is 320 g/mol. The van der Waals surface area contributed by atoms with Gasteiger partial charge in [-0.05, 0) is 31.0 Å². The van der Waals surface area contributed by atoms with E-state index in [1.807, 2.05) is 25.1 Å². The van der Waals surface area contributed by atoms with Gasteiger partial charge in [0.1, 0.15) is 6.61 Å². The predicted octanol–water partition coefficient (Wildman–Crippen LogP) is 3.20. The van der Waals surface area contributed by atoms with E-state index in [9.17, 15) is 9.59 Å². The fourth-order valence-electron chi connectivity index (χ4n) is 2.58. The number of esters is 1. The maximum Gasteiger partial charge on any atom is 0.351 e. The van der Waals surface area contributed by atoms with Crippen LogP contribution in [0.4, 0.5) is 0 Å². The third kappa shape index (κ3) is 3.82. The number of Topliss-reactive ketones (excluding diaryl/α,β-unsaturated/α-hetero) is 1. The Morgan fingerprint density at radius 3 is 2.48 bits per heavy atom. The normalized spacial score (nSPS) is 16.8. The Bertz CT molecular complexity index is 766. The van der Waals surface area contributed by atoms with E-state index in [4.69, 9.17) is 14.2 Å². The molecule has 0 aromatic heterocycles. The van der Waals surface area contributed by atoms with Crippen molar-refractivity contribution in [3.05, 3.63) is 59.7 Å². The Balaban J connectivity index is 1.61. The summed E-state index contributed by atoms with van der Waals surface area (Å²) in [5, 5.41) is 0. The quantitative estimate of drug-likeness (QED) is 0.618. The molecular formula is C20H20O5. The number of rotatable bonds is 5. The van der Waals surface area contributed by atoms with Crippen LogP contribution < -0.4 is 9.47 Å². The summed E-state index contributed by atoms with van der Waals surface area (Å²) in [6.07, 6.45) is -0.868. The number of ketones is 1. The van der Waals surface area contributed by atoms with E-state index in [1.165, 1.54) is 0 Å². The maximum atomic E-state index is 12.4. The molecule has 0 N–H and O–H groups in total. The number of hydrogen-bond donors (Lipinski definition) is 0. The molecule has 0 amide bonds. The van der Waals surface area contributed by atoms with Crippen LogP contribution >= 0.6 is 0 Å². The Morgan fingerprint density at radius 2 is 1.80 bits per heavy atom. The Kier molecular flexibility index (Phi) is 5.03. The van der Waals surface area contributed by atoms with Gasteiger partial charge in [-0.3, -0.25) is 4.79 Å². The average molecular weight is 340 g/mol. The van der Waals surface area contributed by atoms with Gasteiger partial charge in [-0.25, -0.2) is 4.79 Å². The third-order valence-electron chi connectivity index (χ3n) is 4.08. The van der Waals surface area contributed by atoms with Crippen molar-refractivity contribution in [3.63, 3.8) is 0 Å². The van der Waals surface area contributed by atoms with Crippen LogP contribution in [0.2, 0.25) is 0 Å². The molecule has 2 aromatic carbocycles. The summed E-state index contributed by atoms with van der Waals surface area (Å²) in [7, 11) is 0. The molecule has 1 aliphatic heterocycles. The Morgan fingerprint density at radius 1 is 1.12 bits per heavy atom. The lowest BCUT2D eigenvalue weighted by Crippen LogP contribution is -2.40. The average Bonchev–Trinajstić information content (AvgIpc) is 2.67. The zero-order chi connectivity index (χ0) is 17.8. The van der Waals surface area contributed by atoms with Gasteiger partial charge in [-0.1, -0.05) is 43.3 Å². The van der Waals surface area contributed by atoms with Crippen LogP contribution in [0.1, 0.15) is 29.8 Å². The number of fused-ring (bicyclic) bond motifs is 1. The SMILES string of the molecule is CCc1ccc(C(=O)[C@@H](C)OC(=O)[C@@H]2COc3ccccc3O2)cc1. The van der Waals surface area contributed by atoms with Gasteiger partial charge < -0.3 is 14.2 Å². The Hall–Kier alpha value is -2.82. The molecule has 0 saturated heterocycles. The first kappa shape index (κ1) is 17.0. The molecule has 5 heteroatoms. The third-order valence-corrected chi connectivity index (χ3v) is 4.08. The number of aryl methyl sites for hydroxylation is 1. The van der Waals surface area contributed by atoms with Crippen molar-refractivity contribution in [2.45, 2.75) is 32.5 Å². The molecule has 2 aromatic rings. The Labute approximate surface area is 146 Å². The molecule has 25 heavy (non-hydrogen) atoms. The van der Waals surface area contributed by atoms with E-state index in [1.54, 1.807) is 37.3 Å². The first-order chi connectivity index (χ1) is 12.1. The van der Waals surface area contributed by atoms with Crippen molar-refractivity contribution in [1.82, 2.24) is 0 Å². The van der Waals surface area contributed by atoms with Crippen LogP contribution in [-0.4, -0.2) is 30.6 Å². The summed E-state index contributed by atoms with van der Waals surface area (Å²) in [5.74, 6) is 0.227. The summed E-state index contributed by atoms with van der Waals surface area (Å²) >= 11 is 0. The van der Waals surface area contributed by atoms with Gasteiger partial charge in [0.25, 0.3) is 0 Å². The molecule has 5 nitrogen and oxygen atoms in total. The second kappa shape index (κ2) is 7.38. The standard InChI is InChI=1S/C20H20O5/c1-3-14-8-10-15(11-9-14)19(21)13(2)24-20(22)18-12-23-16-6-4-5-7-17(16)25-18/h4-11,13,18H,3,12H2,1-2H3/t13-,18+/m1/s1. The lowest BCUT2D eigenvalue weighted by molar-refractivity contribution is -0.157. The minimum Gasteiger partial charge on any atom is -0.485 e. The summed E-state index contributed by atoms with van der Waals surface area (Å²) < 4.78 is 16.4. The lowest BCUT2D eigenvalue weighted by atomic mass is 10.0. The highest BCUT2D eigenvalue weighted by Gasteiger charge is 2.31. The molecule has 3 rings (SSSR count). The van der Waals surface area contributed by atoms with Crippen molar-refractivity contribution in [2.75, 3.05) is 6.61 Å². The van der Waals surface area contributed by atoms with Gasteiger partial charge in [0.05, 0.1) is 0 Å². The molecule has 2 atom stereocenters. The zero-order valence-corrected chi connectivity index (χ0v) is 14.2. The predicted molar refractivity (Wildman–Crippen MR) is 92.1 cm³/mol. The van der Waals surface area contributed by atoms with Gasteiger partial charge in [0.2, 0.25) is 11.9 Å². The van der Waals surface area contributed by atoms with Crippen molar-refractivity contribution in [2.24, 2.45) is 0 Å². The highest BCUT2D eigenvalue weighted by atomic mass is 16.6. The molecule has 130 valence electrons. The molecule has 0 saturated carbocycles. The molecule has 1 aliphatic rings. The highest BCUT2D eigenvalue weighted by molar-refractivity contribution is 6.00. The van der Waals surface area contributed by atoms with Gasteiger partial charge in [0, 0.05) is 5.56 Å². The van der Waals surface area contributed by atoms with E-state index < -0.39 is 18.2 Å². The number of para-hydroxylation sites is 2. The molecule has 0 spiro atoms. The zero-order valence-electron chi connectivity index (χ0n) is 14.2. The van der Waals surface area contributed by atoms with Crippen molar-refractivity contribution in [3.8, 4) is 11.5 Å². The fourth-order valence-corrected chi connectivity index (χ4v) is 2.58. The molecule has 1 heterocycles. The van der Waals surface area contributed by atoms with Crippen molar-refractivity contribution < 1.29 is 23.8 Å². The van der Waals surface area contributed by atoms with Crippen LogP contribution in [0.15, 0.2) is 48.5 Å². The first-order valence-corrected chi connectivity index (χ1v) is 8.30. The van der Waals surface area contributed by atoms with Crippen LogP contribution in [0.3, 0.4) is 0 Å². The smallest absolute Gasteiger partial charge is 0.351 e. The van der Waals surface area contributed by atoms with Crippen LogP contribution in [-0.2, 0) is 16.0 Å². The molecule has 0 aliphatic carbocycles.